The Bertz CT molecular complexity index is 1130. The number of hydrogen-bond acceptors (Lipinski definition) is 4. The molecule has 2 heterocycles. The predicted octanol–water partition coefficient (Wildman–Crippen LogP) is 4.83. The second kappa shape index (κ2) is 7.23. The van der Waals surface area contributed by atoms with Crippen molar-refractivity contribution in [2.75, 3.05) is 21.3 Å². The van der Waals surface area contributed by atoms with Crippen molar-refractivity contribution in [3.63, 3.8) is 0 Å². The normalized spacial score (nSPS) is 10.9. The zero-order valence-electron chi connectivity index (χ0n) is 15.8. The van der Waals surface area contributed by atoms with Gasteiger partial charge < -0.3 is 18.6 Å². The van der Waals surface area contributed by atoms with E-state index < -0.39 is 0 Å². The molecule has 0 aliphatic rings. The Labute approximate surface area is 161 Å². The van der Waals surface area contributed by atoms with Gasteiger partial charge in [0.05, 0.1) is 32.5 Å². The maximum atomic E-state index is 14.2. The van der Waals surface area contributed by atoms with Crippen molar-refractivity contribution in [2.24, 2.45) is 0 Å². The molecular weight excluding hydrogens is 359 g/mol. The van der Waals surface area contributed by atoms with Crippen LogP contribution in [0.5, 0.6) is 17.2 Å². The highest BCUT2D eigenvalue weighted by Gasteiger charge is 2.17. The van der Waals surface area contributed by atoms with E-state index in [1.165, 1.54) is 6.07 Å². The number of fused-ring (bicyclic) bond motifs is 1. The lowest BCUT2D eigenvalue weighted by molar-refractivity contribution is 0.324. The third kappa shape index (κ3) is 2.93. The summed E-state index contributed by atoms with van der Waals surface area (Å²) in [7, 11) is 4.71. The maximum Gasteiger partial charge on any atom is 0.203 e. The second-order valence-electron chi connectivity index (χ2n) is 6.19. The fraction of sp³-hybridized carbons (Fsp3) is 0.136. The molecule has 0 saturated heterocycles. The van der Waals surface area contributed by atoms with E-state index in [9.17, 15) is 4.39 Å². The molecule has 0 fully saturated rings. The molecule has 0 saturated carbocycles. The minimum Gasteiger partial charge on any atom is -0.493 e. The molecule has 4 rings (SSSR count). The van der Waals surface area contributed by atoms with Gasteiger partial charge in [0, 0.05) is 35.3 Å². The summed E-state index contributed by atoms with van der Waals surface area (Å²) in [4.78, 5) is 4.55. The molecule has 4 aromatic rings. The van der Waals surface area contributed by atoms with E-state index in [1.807, 2.05) is 41.1 Å². The van der Waals surface area contributed by atoms with Crippen molar-refractivity contribution < 1.29 is 18.6 Å². The summed E-state index contributed by atoms with van der Waals surface area (Å²) in [6, 6.07) is 12.3. The van der Waals surface area contributed by atoms with Crippen LogP contribution in [0.3, 0.4) is 0 Å². The van der Waals surface area contributed by atoms with E-state index in [-0.39, 0.29) is 5.82 Å². The highest BCUT2D eigenvalue weighted by atomic mass is 19.1. The molecule has 0 aliphatic carbocycles. The Morgan fingerprint density at radius 1 is 0.893 bits per heavy atom. The van der Waals surface area contributed by atoms with Gasteiger partial charge in [-0.1, -0.05) is 18.2 Å². The quantitative estimate of drug-likeness (QED) is 0.499. The van der Waals surface area contributed by atoms with Crippen LogP contribution < -0.4 is 14.2 Å². The van der Waals surface area contributed by atoms with Crippen LogP contribution in [0.4, 0.5) is 4.39 Å². The Hall–Kier alpha value is -3.54. The zero-order valence-corrected chi connectivity index (χ0v) is 15.8. The van der Waals surface area contributed by atoms with E-state index in [0.717, 1.165) is 22.3 Å². The first-order chi connectivity index (χ1) is 13.7. The summed E-state index contributed by atoms with van der Waals surface area (Å²) in [5.41, 5.74) is 3.69. The van der Waals surface area contributed by atoms with Gasteiger partial charge >= 0.3 is 0 Å². The number of hydrogen-bond donors (Lipinski definition) is 0. The maximum absolute atomic E-state index is 14.2. The van der Waals surface area contributed by atoms with E-state index in [1.54, 1.807) is 39.7 Å². The minimum absolute atomic E-state index is 0.263. The largest absolute Gasteiger partial charge is 0.493 e. The molecule has 0 aliphatic heterocycles. The lowest BCUT2D eigenvalue weighted by Gasteiger charge is -2.14. The minimum atomic E-state index is -0.263. The van der Waals surface area contributed by atoms with Gasteiger partial charge in [0.2, 0.25) is 5.75 Å². The third-order valence-electron chi connectivity index (χ3n) is 4.65. The number of ether oxygens (including phenoxy) is 3. The molecule has 0 amide bonds. The smallest absolute Gasteiger partial charge is 0.203 e. The molecule has 2 aromatic heterocycles. The molecule has 0 spiro atoms. The van der Waals surface area contributed by atoms with Crippen molar-refractivity contribution >= 4 is 5.52 Å². The van der Waals surface area contributed by atoms with Gasteiger partial charge in [0.25, 0.3) is 0 Å². The summed E-state index contributed by atoms with van der Waals surface area (Å²) >= 11 is 0. The molecule has 6 heteroatoms. The van der Waals surface area contributed by atoms with Gasteiger partial charge in [0.1, 0.15) is 5.82 Å². The number of rotatable bonds is 5. The molecule has 28 heavy (non-hydrogen) atoms. The lowest BCUT2D eigenvalue weighted by Crippen LogP contribution is -1.97. The molecule has 0 radical (unpaired) electrons. The van der Waals surface area contributed by atoms with Crippen LogP contribution in [0.15, 0.2) is 61.1 Å². The van der Waals surface area contributed by atoms with Crippen LogP contribution >= 0.6 is 0 Å². The van der Waals surface area contributed by atoms with Gasteiger partial charge in [-0.15, -0.1) is 0 Å². The number of halogens is 1. The van der Waals surface area contributed by atoms with Crippen LogP contribution in [0.1, 0.15) is 0 Å². The van der Waals surface area contributed by atoms with Crippen LogP contribution in [-0.2, 0) is 0 Å². The highest BCUT2D eigenvalue weighted by Crippen LogP contribution is 2.42. The molecule has 0 bridgehead atoms. The zero-order chi connectivity index (χ0) is 19.7. The summed E-state index contributed by atoms with van der Waals surface area (Å²) in [5, 5.41) is 0. The van der Waals surface area contributed by atoms with Crippen LogP contribution in [0.25, 0.3) is 27.9 Å². The Kier molecular flexibility index (Phi) is 4.61. The van der Waals surface area contributed by atoms with Crippen molar-refractivity contribution in [3.05, 3.63) is 66.9 Å². The summed E-state index contributed by atoms with van der Waals surface area (Å²) in [5.74, 6) is 1.34. The summed E-state index contributed by atoms with van der Waals surface area (Å²) in [6.07, 6.45) is 5.43. The fourth-order valence-electron chi connectivity index (χ4n) is 3.32. The van der Waals surface area contributed by atoms with Crippen LogP contribution in [0.2, 0.25) is 0 Å². The summed E-state index contributed by atoms with van der Waals surface area (Å²) < 4.78 is 32.5. The molecule has 0 N–H and O–H groups in total. The monoisotopic (exact) mass is 378 g/mol. The number of benzene rings is 2. The standard InChI is InChI=1S/C22H19FN2O3/c1-26-19-11-14(12-20(27-2)22(19)28-3)21-18-10-15(13-25(18)9-8-24-21)16-6-4-5-7-17(16)23/h4-13H,1-3H3. The molecule has 5 nitrogen and oxygen atoms in total. The first-order valence-corrected chi connectivity index (χ1v) is 8.68. The average molecular weight is 378 g/mol. The first kappa shape index (κ1) is 17.9. The first-order valence-electron chi connectivity index (χ1n) is 8.68. The van der Waals surface area contributed by atoms with Crippen molar-refractivity contribution in [3.8, 4) is 39.6 Å². The second-order valence-corrected chi connectivity index (χ2v) is 6.19. The van der Waals surface area contributed by atoms with E-state index >= 15 is 0 Å². The van der Waals surface area contributed by atoms with Crippen LogP contribution in [-0.4, -0.2) is 30.7 Å². The van der Waals surface area contributed by atoms with E-state index in [4.69, 9.17) is 14.2 Å². The van der Waals surface area contributed by atoms with Gasteiger partial charge in [-0.3, -0.25) is 4.98 Å². The average Bonchev–Trinajstić information content (AvgIpc) is 3.17. The van der Waals surface area contributed by atoms with Gasteiger partial charge in [0.15, 0.2) is 11.5 Å². The lowest BCUT2D eigenvalue weighted by atomic mass is 10.1. The Morgan fingerprint density at radius 3 is 2.25 bits per heavy atom. The molecular formula is C22H19FN2O3. The molecule has 142 valence electrons. The molecule has 0 unspecified atom stereocenters. The molecule has 0 atom stereocenters. The number of nitrogens with zero attached hydrogens (tertiary/aromatic N) is 2. The number of methoxy groups -OCH3 is 3. The van der Waals surface area contributed by atoms with Gasteiger partial charge in [-0.2, -0.15) is 0 Å². The molecule has 2 aromatic carbocycles. The Balaban J connectivity index is 1.92. The topological polar surface area (TPSA) is 45.0 Å². The predicted molar refractivity (Wildman–Crippen MR) is 106 cm³/mol. The van der Waals surface area contributed by atoms with Gasteiger partial charge in [-0.25, -0.2) is 4.39 Å². The Morgan fingerprint density at radius 2 is 1.61 bits per heavy atom. The SMILES string of the molecule is COc1cc(-c2nccn3cc(-c4ccccc4F)cc23)cc(OC)c1OC. The third-order valence-corrected chi connectivity index (χ3v) is 4.65. The highest BCUT2D eigenvalue weighted by molar-refractivity contribution is 5.84. The number of aromatic nitrogens is 2. The van der Waals surface area contributed by atoms with E-state index in [2.05, 4.69) is 4.98 Å². The van der Waals surface area contributed by atoms with Crippen molar-refractivity contribution in [1.82, 2.24) is 9.38 Å². The van der Waals surface area contributed by atoms with Gasteiger partial charge in [-0.05, 0) is 24.3 Å². The van der Waals surface area contributed by atoms with Crippen molar-refractivity contribution in [2.45, 2.75) is 0 Å². The fourth-order valence-corrected chi connectivity index (χ4v) is 3.32. The summed E-state index contributed by atoms with van der Waals surface area (Å²) in [6.45, 7) is 0. The van der Waals surface area contributed by atoms with Crippen molar-refractivity contribution in [1.29, 1.82) is 0 Å². The van der Waals surface area contributed by atoms with Crippen LogP contribution in [0, 0.1) is 5.82 Å². The van der Waals surface area contributed by atoms with E-state index in [0.29, 0.717) is 22.8 Å².